The van der Waals surface area contributed by atoms with Gasteiger partial charge in [-0.15, -0.1) is 0 Å². The number of rotatable bonds is 1. The standard InChI is InChI=1S/C8H14N4O/c1-5-3-6(4-13-5)7-10-8(9)12(2)11-7/h5-6H,3-4H2,1-2H3,(H2,9,10,11). The van der Waals surface area contributed by atoms with Crippen LogP contribution >= 0.6 is 0 Å². The van der Waals surface area contributed by atoms with E-state index in [1.807, 2.05) is 0 Å². The van der Waals surface area contributed by atoms with Gasteiger partial charge in [-0.2, -0.15) is 10.1 Å². The van der Waals surface area contributed by atoms with Gasteiger partial charge in [0, 0.05) is 13.0 Å². The Morgan fingerprint density at radius 3 is 2.85 bits per heavy atom. The van der Waals surface area contributed by atoms with Crippen molar-refractivity contribution in [3.8, 4) is 0 Å². The van der Waals surface area contributed by atoms with Gasteiger partial charge in [-0.1, -0.05) is 0 Å². The Labute approximate surface area is 76.9 Å². The van der Waals surface area contributed by atoms with E-state index in [1.54, 1.807) is 11.7 Å². The lowest BCUT2D eigenvalue weighted by atomic mass is 10.1. The lowest BCUT2D eigenvalue weighted by Crippen LogP contribution is -2.01. The number of nitrogen functional groups attached to an aromatic ring is 1. The molecule has 1 saturated heterocycles. The highest BCUT2D eigenvalue weighted by atomic mass is 16.5. The largest absolute Gasteiger partial charge is 0.378 e. The van der Waals surface area contributed by atoms with Crippen LogP contribution in [0, 0.1) is 0 Å². The number of aromatic nitrogens is 3. The van der Waals surface area contributed by atoms with Crippen molar-refractivity contribution in [3.05, 3.63) is 5.82 Å². The summed E-state index contributed by atoms with van der Waals surface area (Å²) in [7, 11) is 1.80. The molecule has 2 heterocycles. The summed E-state index contributed by atoms with van der Waals surface area (Å²) in [5.74, 6) is 1.59. The lowest BCUT2D eigenvalue weighted by molar-refractivity contribution is 0.123. The normalized spacial score (nSPS) is 28.2. The van der Waals surface area contributed by atoms with Crippen LogP contribution in [-0.2, 0) is 11.8 Å². The zero-order valence-electron chi connectivity index (χ0n) is 7.90. The first-order chi connectivity index (χ1) is 6.16. The van der Waals surface area contributed by atoms with Crippen LogP contribution in [-0.4, -0.2) is 27.5 Å². The second-order valence-electron chi connectivity index (χ2n) is 3.53. The summed E-state index contributed by atoms with van der Waals surface area (Å²) >= 11 is 0. The van der Waals surface area contributed by atoms with Gasteiger partial charge in [0.1, 0.15) is 0 Å². The highest BCUT2D eigenvalue weighted by molar-refractivity contribution is 5.17. The molecule has 1 aliphatic rings. The van der Waals surface area contributed by atoms with Crippen LogP contribution in [0.3, 0.4) is 0 Å². The second kappa shape index (κ2) is 2.99. The maximum Gasteiger partial charge on any atom is 0.218 e. The van der Waals surface area contributed by atoms with E-state index < -0.39 is 0 Å². The summed E-state index contributed by atoms with van der Waals surface area (Å²) in [4.78, 5) is 4.18. The summed E-state index contributed by atoms with van der Waals surface area (Å²) in [5.41, 5.74) is 5.59. The molecule has 0 radical (unpaired) electrons. The Balaban J connectivity index is 2.17. The zero-order chi connectivity index (χ0) is 9.42. The van der Waals surface area contributed by atoms with E-state index >= 15 is 0 Å². The molecule has 2 N–H and O–H groups in total. The molecule has 0 aromatic carbocycles. The molecule has 2 atom stereocenters. The molecule has 1 aliphatic heterocycles. The minimum Gasteiger partial charge on any atom is -0.378 e. The topological polar surface area (TPSA) is 66.0 Å². The van der Waals surface area contributed by atoms with E-state index in [2.05, 4.69) is 17.0 Å². The van der Waals surface area contributed by atoms with Gasteiger partial charge in [0.25, 0.3) is 0 Å². The Kier molecular flexibility index (Phi) is 1.95. The van der Waals surface area contributed by atoms with E-state index in [9.17, 15) is 0 Å². The molecule has 13 heavy (non-hydrogen) atoms. The molecule has 0 spiro atoms. The third kappa shape index (κ3) is 1.51. The maximum absolute atomic E-state index is 5.59. The Bertz CT molecular complexity index is 290. The van der Waals surface area contributed by atoms with Crippen molar-refractivity contribution in [1.29, 1.82) is 0 Å². The third-order valence-electron chi connectivity index (χ3n) is 2.38. The number of nitrogens with two attached hydrogens (primary N) is 1. The van der Waals surface area contributed by atoms with E-state index in [0.717, 1.165) is 12.2 Å². The van der Waals surface area contributed by atoms with Crippen LogP contribution in [0.15, 0.2) is 0 Å². The van der Waals surface area contributed by atoms with Crippen molar-refractivity contribution >= 4 is 5.95 Å². The van der Waals surface area contributed by atoms with E-state index in [0.29, 0.717) is 24.6 Å². The minimum atomic E-state index is 0.315. The molecule has 2 unspecified atom stereocenters. The van der Waals surface area contributed by atoms with Crippen molar-refractivity contribution < 1.29 is 4.74 Å². The molecule has 5 nitrogen and oxygen atoms in total. The van der Waals surface area contributed by atoms with Crippen LogP contribution < -0.4 is 5.73 Å². The number of aryl methyl sites for hydroxylation is 1. The van der Waals surface area contributed by atoms with Gasteiger partial charge >= 0.3 is 0 Å². The first kappa shape index (κ1) is 8.50. The molecule has 5 heteroatoms. The number of ether oxygens (including phenoxy) is 1. The Morgan fingerprint density at radius 1 is 1.62 bits per heavy atom. The average Bonchev–Trinajstić information content (AvgIpc) is 2.61. The van der Waals surface area contributed by atoms with E-state index in [-0.39, 0.29) is 0 Å². The predicted octanol–water partition coefficient (Wildman–Crippen LogP) is 0.290. The van der Waals surface area contributed by atoms with Crippen molar-refractivity contribution in [1.82, 2.24) is 14.8 Å². The zero-order valence-corrected chi connectivity index (χ0v) is 7.90. The monoisotopic (exact) mass is 182 g/mol. The lowest BCUT2D eigenvalue weighted by Gasteiger charge is -1.99. The average molecular weight is 182 g/mol. The molecule has 1 aromatic rings. The van der Waals surface area contributed by atoms with Gasteiger partial charge in [0.15, 0.2) is 5.82 Å². The number of anilines is 1. The van der Waals surface area contributed by atoms with Crippen LogP contribution in [0.4, 0.5) is 5.95 Å². The second-order valence-corrected chi connectivity index (χ2v) is 3.53. The maximum atomic E-state index is 5.59. The summed E-state index contributed by atoms with van der Waals surface area (Å²) in [6.07, 6.45) is 1.30. The number of nitrogens with zero attached hydrogens (tertiary/aromatic N) is 3. The smallest absolute Gasteiger partial charge is 0.218 e. The summed E-state index contributed by atoms with van der Waals surface area (Å²) in [6.45, 7) is 2.77. The molecule has 0 amide bonds. The first-order valence-electron chi connectivity index (χ1n) is 4.45. The molecule has 0 aliphatic carbocycles. The number of hydrogen-bond acceptors (Lipinski definition) is 4. The fourth-order valence-corrected chi connectivity index (χ4v) is 1.59. The van der Waals surface area contributed by atoms with Crippen LogP contribution in [0.5, 0.6) is 0 Å². The van der Waals surface area contributed by atoms with E-state index in [1.165, 1.54) is 0 Å². The molecule has 2 rings (SSSR count). The van der Waals surface area contributed by atoms with Gasteiger partial charge in [-0.05, 0) is 13.3 Å². The molecule has 72 valence electrons. The van der Waals surface area contributed by atoms with Crippen LogP contribution in [0.2, 0.25) is 0 Å². The fourth-order valence-electron chi connectivity index (χ4n) is 1.59. The molecule has 0 bridgehead atoms. The van der Waals surface area contributed by atoms with Crippen molar-refractivity contribution in [2.24, 2.45) is 7.05 Å². The first-order valence-corrected chi connectivity index (χ1v) is 4.45. The van der Waals surface area contributed by atoms with Crippen molar-refractivity contribution in [2.75, 3.05) is 12.3 Å². The highest BCUT2D eigenvalue weighted by Gasteiger charge is 2.27. The van der Waals surface area contributed by atoms with Gasteiger partial charge < -0.3 is 10.5 Å². The van der Waals surface area contributed by atoms with Gasteiger partial charge in [0.2, 0.25) is 5.95 Å². The molecular weight excluding hydrogens is 168 g/mol. The summed E-state index contributed by atoms with van der Waals surface area (Å²) < 4.78 is 7.03. The highest BCUT2D eigenvalue weighted by Crippen LogP contribution is 2.27. The van der Waals surface area contributed by atoms with Crippen molar-refractivity contribution in [3.63, 3.8) is 0 Å². The minimum absolute atomic E-state index is 0.315. The van der Waals surface area contributed by atoms with Crippen LogP contribution in [0.1, 0.15) is 25.1 Å². The fraction of sp³-hybridized carbons (Fsp3) is 0.750. The molecule has 0 saturated carbocycles. The van der Waals surface area contributed by atoms with Gasteiger partial charge in [-0.25, -0.2) is 4.68 Å². The van der Waals surface area contributed by atoms with Gasteiger partial charge in [0.05, 0.1) is 12.7 Å². The Morgan fingerprint density at radius 2 is 2.38 bits per heavy atom. The van der Waals surface area contributed by atoms with Crippen LogP contribution in [0.25, 0.3) is 0 Å². The van der Waals surface area contributed by atoms with Gasteiger partial charge in [-0.3, -0.25) is 0 Å². The third-order valence-corrected chi connectivity index (χ3v) is 2.38. The quantitative estimate of drug-likeness (QED) is 0.678. The Hall–Kier alpha value is -1.10. The predicted molar refractivity (Wildman–Crippen MR) is 48.2 cm³/mol. The van der Waals surface area contributed by atoms with E-state index in [4.69, 9.17) is 10.5 Å². The SMILES string of the molecule is CC1CC(c2nc(N)n(C)n2)CO1. The van der Waals surface area contributed by atoms with Crippen molar-refractivity contribution in [2.45, 2.75) is 25.4 Å². The summed E-state index contributed by atoms with van der Waals surface area (Å²) in [5, 5.41) is 4.23. The summed E-state index contributed by atoms with van der Waals surface area (Å²) in [6, 6.07) is 0. The molecule has 1 fully saturated rings. The molecular formula is C8H14N4O. The molecule has 1 aromatic heterocycles. The number of hydrogen-bond donors (Lipinski definition) is 1.